The van der Waals surface area contributed by atoms with Gasteiger partial charge >= 0.3 is 0 Å². The van der Waals surface area contributed by atoms with Gasteiger partial charge < -0.3 is 9.52 Å². The highest BCUT2D eigenvalue weighted by molar-refractivity contribution is 6.31. The number of benzene rings is 1. The van der Waals surface area contributed by atoms with Crippen molar-refractivity contribution in [1.29, 1.82) is 0 Å². The number of aryl methyl sites for hydroxylation is 1. The average Bonchev–Trinajstić information content (AvgIpc) is 3.07. The van der Waals surface area contributed by atoms with Crippen molar-refractivity contribution in [2.24, 2.45) is 5.92 Å². The highest BCUT2D eigenvalue weighted by atomic mass is 35.5. The smallest absolute Gasteiger partial charge is 0.134 e. The van der Waals surface area contributed by atoms with E-state index in [2.05, 4.69) is 0 Å². The molecule has 3 heteroatoms. The first kappa shape index (κ1) is 11.1. The predicted octanol–water partition coefficient (Wildman–Crippen LogP) is 3.79. The number of aliphatic hydroxyl groups is 1. The fraction of sp³-hybridized carbons (Fsp3) is 0.429. The Labute approximate surface area is 105 Å². The molecular weight excluding hydrogens is 236 g/mol. The van der Waals surface area contributed by atoms with Gasteiger partial charge in [-0.15, -0.1) is 0 Å². The van der Waals surface area contributed by atoms with E-state index in [-0.39, 0.29) is 6.10 Å². The van der Waals surface area contributed by atoms with Gasteiger partial charge in [0.2, 0.25) is 0 Å². The Hall–Kier alpha value is -0.990. The Kier molecular flexibility index (Phi) is 2.85. The van der Waals surface area contributed by atoms with Crippen molar-refractivity contribution in [2.45, 2.75) is 31.8 Å². The highest BCUT2D eigenvalue weighted by Gasteiger charge is 2.29. The minimum atomic E-state index is -0.160. The number of rotatable bonds is 4. The van der Waals surface area contributed by atoms with Gasteiger partial charge in [-0.3, -0.25) is 0 Å². The Morgan fingerprint density at radius 3 is 2.94 bits per heavy atom. The highest BCUT2D eigenvalue weighted by Crippen LogP contribution is 2.34. The molecule has 1 N–H and O–H groups in total. The first-order valence-corrected chi connectivity index (χ1v) is 6.46. The molecule has 1 atom stereocenters. The standard InChI is InChI=1S/C14H15ClO2/c15-11-3-6-14-10(7-11)8-12(17-14)4-5-13(16)9-1-2-9/h3,6-9,13,16H,1-2,4-5H2. The van der Waals surface area contributed by atoms with E-state index in [1.165, 1.54) is 12.8 Å². The summed E-state index contributed by atoms with van der Waals surface area (Å²) in [6.45, 7) is 0. The van der Waals surface area contributed by atoms with Gasteiger partial charge in [0.1, 0.15) is 11.3 Å². The molecule has 1 saturated carbocycles. The zero-order valence-electron chi connectivity index (χ0n) is 9.53. The van der Waals surface area contributed by atoms with Gasteiger partial charge in [0, 0.05) is 16.8 Å². The molecule has 0 spiro atoms. The van der Waals surface area contributed by atoms with Crippen LogP contribution in [-0.2, 0) is 6.42 Å². The second-order valence-electron chi connectivity index (χ2n) is 4.84. The topological polar surface area (TPSA) is 33.4 Å². The van der Waals surface area contributed by atoms with E-state index in [9.17, 15) is 5.11 Å². The number of furan rings is 1. The number of hydrogen-bond donors (Lipinski definition) is 1. The van der Waals surface area contributed by atoms with Crippen molar-refractivity contribution in [1.82, 2.24) is 0 Å². The second-order valence-corrected chi connectivity index (χ2v) is 5.27. The number of aliphatic hydroxyl groups excluding tert-OH is 1. The van der Waals surface area contributed by atoms with E-state index in [1.807, 2.05) is 24.3 Å². The Bertz CT molecular complexity index is 528. The monoisotopic (exact) mass is 250 g/mol. The van der Waals surface area contributed by atoms with Crippen LogP contribution in [0.2, 0.25) is 5.02 Å². The fourth-order valence-electron chi connectivity index (χ4n) is 2.20. The van der Waals surface area contributed by atoms with Gasteiger partial charge in [-0.25, -0.2) is 0 Å². The molecule has 0 aliphatic heterocycles. The van der Waals surface area contributed by atoms with E-state index >= 15 is 0 Å². The molecule has 1 heterocycles. The van der Waals surface area contributed by atoms with Crippen LogP contribution in [-0.4, -0.2) is 11.2 Å². The molecular formula is C14H15ClO2. The summed E-state index contributed by atoms with van der Waals surface area (Å²) in [7, 11) is 0. The molecule has 1 aromatic carbocycles. The maximum atomic E-state index is 9.81. The quantitative estimate of drug-likeness (QED) is 0.896. The third kappa shape index (κ3) is 2.48. The third-order valence-corrected chi connectivity index (χ3v) is 3.62. The fourth-order valence-corrected chi connectivity index (χ4v) is 2.38. The first-order chi connectivity index (χ1) is 8.22. The van der Waals surface area contributed by atoms with E-state index < -0.39 is 0 Å². The molecule has 1 aliphatic carbocycles. The van der Waals surface area contributed by atoms with Crippen LogP contribution in [0, 0.1) is 5.92 Å². The molecule has 0 radical (unpaired) electrons. The van der Waals surface area contributed by atoms with Gasteiger partial charge in [0.25, 0.3) is 0 Å². The third-order valence-electron chi connectivity index (χ3n) is 3.38. The Balaban J connectivity index is 1.72. The summed E-state index contributed by atoms with van der Waals surface area (Å²) < 4.78 is 5.70. The van der Waals surface area contributed by atoms with Crippen molar-refractivity contribution in [3.8, 4) is 0 Å². The summed E-state index contributed by atoms with van der Waals surface area (Å²) in [4.78, 5) is 0. The molecule has 1 unspecified atom stereocenters. The largest absolute Gasteiger partial charge is 0.461 e. The van der Waals surface area contributed by atoms with E-state index in [0.29, 0.717) is 5.92 Å². The second kappa shape index (κ2) is 4.35. The minimum absolute atomic E-state index is 0.160. The molecule has 17 heavy (non-hydrogen) atoms. The van der Waals surface area contributed by atoms with Crippen molar-refractivity contribution in [3.63, 3.8) is 0 Å². The molecule has 0 bridgehead atoms. The van der Waals surface area contributed by atoms with Crippen LogP contribution in [0.3, 0.4) is 0 Å². The van der Waals surface area contributed by atoms with Gasteiger partial charge in [-0.1, -0.05) is 11.6 Å². The molecule has 1 fully saturated rings. The Morgan fingerprint density at radius 2 is 2.18 bits per heavy atom. The Morgan fingerprint density at radius 1 is 1.35 bits per heavy atom. The van der Waals surface area contributed by atoms with E-state index in [4.69, 9.17) is 16.0 Å². The van der Waals surface area contributed by atoms with Gasteiger partial charge in [0.15, 0.2) is 0 Å². The molecule has 0 saturated heterocycles. The lowest BCUT2D eigenvalue weighted by Crippen LogP contribution is -2.09. The maximum Gasteiger partial charge on any atom is 0.134 e. The summed E-state index contributed by atoms with van der Waals surface area (Å²) in [6.07, 6.45) is 3.78. The molecule has 1 aliphatic rings. The average molecular weight is 251 g/mol. The van der Waals surface area contributed by atoms with Crippen LogP contribution >= 0.6 is 11.6 Å². The minimum Gasteiger partial charge on any atom is -0.461 e. The van der Waals surface area contributed by atoms with Crippen molar-refractivity contribution >= 4 is 22.6 Å². The number of hydrogen-bond acceptors (Lipinski definition) is 2. The van der Waals surface area contributed by atoms with Crippen LogP contribution < -0.4 is 0 Å². The summed E-state index contributed by atoms with van der Waals surface area (Å²) in [5.74, 6) is 1.47. The van der Waals surface area contributed by atoms with E-state index in [1.54, 1.807) is 0 Å². The molecule has 2 nitrogen and oxygen atoms in total. The predicted molar refractivity (Wildman–Crippen MR) is 68.3 cm³/mol. The van der Waals surface area contributed by atoms with Crippen LogP contribution in [0.5, 0.6) is 0 Å². The lowest BCUT2D eigenvalue weighted by atomic mass is 10.1. The van der Waals surface area contributed by atoms with Crippen molar-refractivity contribution in [2.75, 3.05) is 0 Å². The summed E-state index contributed by atoms with van der Waals surface area (Å²) in [6, 6.07) is 7.64. The van der Waals surface area contributed by atoms with Crippen LogP contribution in [0.1, 0.15) is 25.0 Å². The number of halogens is 1. The summed E-state index contributed by atoms with van der Waals surface area (Å²) >= 11 is 5.92. The number of fused-ring (bicyclic) bond motifs is 1. The first-order valence-electron chi connectivity index (χ1n) is 6.08. The molecule has 90 valence electrons. The summed E-state index contributed by atoms with van der Waals surface area (Å²) in [5, 5.41) is 11.6. The van der Waals surface area contributed by atoms with Crippen LogP contribution in [0.4, 0.5) is 0 Å². The molecule has 3 rings (SSSR count). The van der Waals surface area contributed by atoms with Gasteiger partial charge in [0.05, 0.1) is 6.10 Å². The lowest BCUT2D eigenvalue weighted by molar-refractivity contribution is 0.140. The molecule has 2 aromatic rings. The van der Waals surface area contributed by atoms with Crippen molar-refractivity contribution < 1.29 is 9.52 Å². The zero-order valence-corrected chi connectivity index (χ0v) is 10.3. The van der Waals surface area contributed by atoms with E-state index in [0.717, 1.165) is 34.6 Å². The lowest BCUT2D eigenvalue weighted by Gasteiger charge is -2.06. The molecule has 0 amide bonds. The zero-order chi connectivity index (χ0) is 11.8. The maximum absolute atomic E-state index is 9.81. The van der Waals surface area contributed by atoms with Crippen LogP contribution in [0.25, 0.3) is 11.0 Å². The van der Waals surface area contributed by atoms with Crippen molar-refractivity contribution in [3.05, 3.63) is 35.0 Å². The van der Waals surface area contributed by atoms with Gasteiger partial charge in [-0.2, -0.15) is 0 Å². The summed E-state index contributed by atoms with van der Waals surface area (Å²) in [5.41, 5.74) is 0.866. The normalized spacial score (nSPS) is 17.5. The SMILES string of the molecule is OC(CCc1cc2cc(Cl)ccc2o1)C1CC1. The molecule has 1 aromatic heterocycles. The van der Waals surface area contributed by atoms with Gasteiger partial charge in [-0.05, 0) is 49.4 Å². The van der Waals surface area contributed by atoms with Crippen LogP contribution in [0.15, 0.2) is 28.7 Å².